The molecular weight excluding hydrogens is 574 g/mol. The number of nitrogens with two attached hydrogens (primary N) is 1. The minimum atomic E-state index is -1.20. The minimum Gasteiger partial charge on any atom is -0.480 e. The van der Waals surface area contributed by atoms with Crippen molar-refractivity contribution in [2.24, 2.45) is 5.73 Å². The highest BCUT2D eigenvalue weighted by Gasteiger charge is 2.35. The van der Waals surface area contributed by atoms with Crippen molar-refractivity contribution in [1.82, 2.24) is 25.8 Å². The van der Waals surface area contributed by atoms with Crippen LogP contribution < -0.4 is 21.7 Å². The van der Waals surface area contributed by atoms with Crippen LogP contribution in [0.4, 0.5) is 4.79 Å². The van der Waals surface area contributed by atoms with Gasteiger partial charge in [0.2, 0.25) is 11.8 Å². The molecule has 0 aliphatic carbocycles. The van der Waals surface area contributed by atoms with Gasteiger partial charge in [-0.05, 0) is 35.1 Å². The smallest absolute Gasteiger partial charge is 0.322 e. The zero-order valence-corrected chi connectivity index (χ0v) is 24.9. The van der Waals surface area contributed by atoms with Gasteiger partial charge in [-0.1, -0.05) is 84.9 Å². The number of urea groups is 1. The summed E-state index contributed by atoms with van der Waals surface area (Å²) in [6, 6.07) is 25.0. The maximum absolute atomic E-state index is 14.7. The predicted octanol–water partition coefficient (Wildman–Crippen LogP) is 2.21. The molecule has 1 heterocycles. The summed E-state index contributed by atoms with van der Waals surface area (Å²) in [5, 5.41) is 24.7. The third-order valence-electron chi connectivity index (χ3n) is 7.55. The number of guanidine groups is 1. The largest absolute Gasteiger partial charge is 0.480 e. The van der Waals surface area contributed by atoms with E-state index in [1.54, 1.807) is 4.90 Å². The number of carboxylic acid groups (broad SMARTS) is 1. The lowest BCUT2D eigenvalue weighted by Gasteiger charge is -2.34. The maximum atomic E-state index is 14.7. The van der Waals surface area contributed by atoms with Crippen molar-refractivity contribution < 1.29 is 24.3 Å². The van der Waals surface area contributed by atoms with Crippen LogP contribution in [-0.2, 0) is 27.5 Å². The molecule has 3 aromatic carbocycles. The van der Waals surface area contributed by atoms with Gasteiger partial charge in [-0.25, -0.2) is 4.79 Å². The van der Waals surface area contributed by atoms with Crippen molar-refractivity contribution in [3.63, 3.8) is 0 Å². The SMILES string of the molecule is N=C(N)NCCC[C@H](C(=O)NCC(=O)O)N(Cc1ccc(CN2CCNC2=O)cc1)C(=O)C(c1ccccc1)c1ccccc1. The predicted molar refractivity (Wildman–Crippen MR) is 169 cm³/mol. The van der Waals surface area contributed by atoms with Crippen molar-refractivity contribution >= 4 is 29.8 Å². The highest BCUT2D eigenvalue weighted by Crippen LogP contribution is 2.29. The number of hydrogen-bond donors (Lipinski definition) is 6. The summed E-state index contributed by atoms with van der Waals surface area (Å²) in [6.45, 7) is 1.44. The number of carbonyl (C=O) groups excluding carboxylic acids is 3. The van der Waals surface area contributed by atoms with Crippen molar-refractivity contribution in [3.8, 4) is 0 Å². The van der Waals surface area contributed by atoms with E-state index in [1.165, 1.54) is 4.90 Å². The molecule has 1 aliphatic heterocycles. The van der Waals surface area contributed by atoms with Crippen molar-refractivity contribution in [3.05, 3.63) is 107 Å². The zero-order valence-electron chi connectivity index (χ0n) is 24.9. The molecule has 0 bridgehead atoms. The second kappa shape index (κ2) is 15.9. The van der Waals surface area contributed by atoms with Crippen LogP contribution in [0, 0.1) is 5.41 Å². The van der Waals surface area contributed by atoms with Crippen LogP contribution in [-0.4, -0.2) is 76.9 Å². The highest BCUT2D eigenvalue weighted by molar-refractivity contribution is 5.93. The molecule has 12 nitrogen and oxygen atoms in total. The molecule has 0 unspecified atom stereocenters. The van der Waals surface area contributed by atoms with Crippen LogP contribution in [0.5, 0.6) is 0 Å². The van der Waals surface area contributed by atoms with Crippen LogP contribution in [0.2, 0.25) is 0 Å². The van der Waals surface area contributed by atoms with Crippen molar-refractivity contribution in [2.75, 3.05) is 26.2 Å². The van der Waals surface area contributed by atoms with Crippen molar-refractivity contribution in [1.29, 1.82) is 5.41 Å². The summed E-state index contributed by atoms with van der Waals surface area (Å²) >= 11 is 0. The van der Waals surface area contributed by atoms with Gasteiger partial charge in [0.15, 0.2) is 5.96 Å². The Morgan fingerprint density at radius 2 is 1.53 bits per heavy atom. The molecule has 12 heteroatoms. The number of rotatable bonds is 15. The number of benzene rings is 3. The van der Waals surface area contributed by atoms with E-state index < -0.39 is 30.4 Å². The number of nitrogens with zero attached hydrogens (tertiary/aromatic N) is 2. The Morgan fingerprint density at radius 3 is 2.07 bits per heavy atom. The average molecular weight is 614 g/mol. The van der Waals surface area contributed by atoms with Crippen LogP contribution in [0.1, 0.15) is 41.0 Å². The number of aliphatic carboxylic acids is 1. The lowest BCUT2D eigenvalue weighted by atomic mass is 9.89. The molecule has 1 saturated heterocycles. The van der Waals surface area contributed by atoms with Gasteiger partial charge < -0.3 is 36.6 Å². The Labute approximate surface area is 262 Å². The summed E-state index contributed by atoms with van der Waals surface area (Å²) < 4.78 is 0. The first-order valence-electron chi connectivity index (χ1n) is 14.8. The Hall–Kier alpha value is -5.39. The van der Waals surface area contributed by atoms with E-state index in [0.29, 0.717) is 32.6 Å². The standard InChI is InChI=1S/C33H39N7O5/c34-32(35)36-17-7-12-27(30(43)38-20-28(41)42)40(22-24-15-13-23(14-16-24)21-39-19-18-37-33(39)45)31(44)29(25-8-3-1-4-9-25)26-10-5-2-6-11-26/h1-6,8-11,13-16,27,29H,7,12,17-22H2,(H,37,45)(H,38,43)(H,41,42)(H4,34,35,36)/t27-/m1/s1. The van der Waals surface area contributed by atoms with Crippen LogP contribution in [0.25, 0.3) is 0 Å². The van der Waals surface area contributed by atoms with Crippen molar-refractivity contribution in [2.45, 2.75) is 37.9 Å². The fourth-order valence-electron chi connectivity index (χ4n) is 5.33. The monoisotopic (exact) mass is 613 g/mol. The van der Waals surface area contributed by atoms with E-state index in [1.807, 2.05) is 84.9 Å². The molecule has 0 saturated carbocycles. The molecule has 0 spiro atoms. The zero-order chi connectivity index (χ0) is 32.2. The highest BCUT2D eigenvalue weighted by atomic mass is 16.4. The Kier molecular flexibility index (Phi) is 11.5. The fourth-order valence-corrected chi connectivity index (χ4v) is 5.33. The van der Waals surface area contributed by atoms with Gasteiger partial charge in [0, 0.05) is 32.7 Å². The molecule has 0 aromatic heterocycles. The summed E-state index contributed by atoms with van der Waals surface area (Å²) in [5.74, 6) is -3.06. The van der Waals surface area contributed by atoms with Gasteiger partial charge in [-0.2, -0.15) is 0 Å². The van der Waals surface area contributed by atoms with Gasteiger partial charge in [0.05, 0.1) is 5.92 Å². The maximum Gasteiger partial charge on any atom is 0.322 e. The molecule has 3 aromatic rings. The number of amides is 4. The average Bonchev–Trinajstić information content (AvgIpc) is 3.44. The summed E-state index contributed by atoms with van der Waals surface area (Å²) in [6.07, 6.45) is 0.572. The molecule has 4 amide bonds. The Bertz CT molecular complexity index is 1430. The van der Waals surface area contributed by atoms with E-state index in [4.69, 9.17) is 11.1 Å². The first-order chi connectivity index (χ1) is 21.7. The molecular formula is C33H39N7O5. The molecule has 1 atom stereocenters. The topological polar surface area (TPSA) is 181 Å². The summed E-state index contributed by atoms with van der Waals surface area (Å²) in [7, 11) is 0. The molecule has 7 N–H and O–H groups in total. The quantitative estimate of drug-likeness (QED) is 0.0863. The van der Waals surface area contributed by atoms with E-state index in [2.05, 4.69) is 16.0 Å². The molecule has 4 rings (SSSR count). The second-order valence-corrected chi connectivity index (χ2v) is 10.8. The van der Waals surface area contributed by atoms with Gasteiger partial charge in [0.1, 0.15) is 12.6 Å². The molecule has 1 aliphatic rings. The third-order valence-corrected chi connectivity index (χ3v) is 7.55. The van der Waals surface area contributed by atoms with E-state index >= 15 is 0 Å². The number of carboxylic acids is 1. The first-order valence-corrected chi connectivity index (χ1v) is 14.8. The van der Waals surface area contributed by atoms with E-state index in [0.717, 1.165) is 22.3 Å². The summed E-state index contributed by atoms with van der Waals surface area (Å²) in [5.41, 5.74) is 8.62. The molecule has 1 fully saturated rings. The number of nitrogens with one attached hydrogen (secondary N) is 4. The van der Waals surface area contributed by atoms with Crippen LogP contribution in [0.15, 0.2) is 84.9 Å². The lowest BCUT2D eigenvalue weighted by Crippen LogP contribution is -2.51. The number of carbonyl (C=O) groups is 4. The minimum absolute atomic E-state index is 0.0742. The fraction of sp³-hybridized carbons (Fsp3) is 0.303. The van der Waals surface area contributed by atoms with Gasteiger partial charge in [0.25, 0.3) is 0 Å². The van der Waals surface area contributed by atoms with Crippen LogP contribution in [0.3, 0.4) is 0 Å². The second-order valence-electron chi connectivity index (χ2n) is 10.8. The van der Waals surface area contributed by atoms with Gasteiger partial charge in [-0.15, -0.1) is 0 Å². The molecule has 45 heavy (non-hydrogen) atoms. The first kappa shape index (κ1) is 32.5. The Morgan fingerprint density at radius 1 is 0.933 bits per heavy atom. The number of hydrogen-bond acceptors (Lipinski definition) is 5. The third kappa shape index (κ3) is 9.30. The molecule has 236 valence electrons. The lowest BCUT2D eigenvalue weighted by molar-refractivity contribution is -0.143. The van der Waals surface area contributed by atoms with E-state index in [9.17, 15) is 24.3 Å². The molecule has 0 radical (unpaired) electrons. The van der Waals surface area contributed by atoms with E-state index in [-0.39, 0.29) is 30.9 Å². The Balaban J connectivity index is 1.70. The van der Waals surface area contributed by atoms with Crippen LogP contribution >= 0.6 is 0 Å². The van der Waals surface area contributed by atoms with Gasteiger partial charge in [-0.3, -0.25) is 19.8 Å². The summed E-state index contributed by atoms with van der Waals surface area (Å²) in [4.78, 5) is 54.9. The normalized spacial score (nSPS) is 13.2. The van der Waals surface area contributed by atoms with Gasteiger partial charge >= 0.3 is 12.0 Å².